The molecule has 1 aromatic heterocycles. The number of aromatic amines is 1. The standard InChI is InChI=1S/C19H23FN2O2/c1-13-3-4-14(8-17(13)20)7-15-5-6-22(11-15)12-16-9-18(23)19(24-2)10-21-16/h3-4,8-10,15H,5-7,11-12H2,1-2H3,(H,21,23). The lowest BCUT2D eigenvalue weighted by atomic mass is 9.98. The van der Waals surface area contributed by atoms with Crippen molar-refractivity contribution in [1.29, 1.82) is 0 Å². The number of likely N-dealkylation sites (tertiary alicyclic amines) is 1. The van der Waals surface area contributed by atoms with Gasteiger partial charge in [0.2, 0.25) is 5.43 Å². The smallest absolute Gasteiger partial charge is 0.223 e. The van der Waals surface area contributed by atoms with Crippen molar-refractivity contribution < 1.29 is 9.13 Å². The summed E-state index contributed by atoms with van der Waals surface area (Å²) in [5.41, 5.74) is 2.54. The molecule has 0 bridgehead atoms. The van der Waals surface area contributed by atoms with Gasteiger partial charge in [0, 0.05) is 31.0 Å². The molecular formula is C19H23FN2O2. The van der Waals surface area contributed by atoms with Crippen molar-refractivity contribution in [2.24, 2.45) is 5.92 Å². The number of aryl methyl sites for hydroxylation is 1. The van der Waals surface area contributed by atoms with Crippen molar-refractivity contribution in [1.82, 2.24) is 9.88 Å². The van der Waals surface area contributed by atoms with Crippen LogP contribution in [0.25, 0.3) is 0 Å². The second-order valence-electron chi connectivity index (χ2n) is 6.57. The normalized spacial score (nSPS) is 18.0. The number of methoxy groups -OCH3 is 1. The minimum atomic E-state index is -0.127. The lowest BCUT2D eigenvalue weighted by Crippen LogP contribution is -2.22. The van der Waals surface area contributed by atoms with E-state index >= 15 is 0 Å². The summed E-state index contributed by atoms with van der Waals surface area (Å²) in [6.45, 7) is 4.46. The third kappa shape index (κ3) is 3.85. The summed E-state index contributed by atoms with van der Waals surface area (Å²) in [6.07, 6.45) is 3.60. The first-order valence-corrected chi connectivity index (χ1v) is 8.28. The van der Waals surface area contributed by atoms with Gasteiger partial charge in [-0.15, -0.1) is 0 Å². The number of rotatable bonds is 5. The first-order chi connectivity index (χ1) is 11.5. The Labute approximate surface area is 141 Å². The zero-order valence-corrected chi connectivity index (χ0v) is 14.1. The van der Waals surface area contributed by atoms with Crippen molar-refractivity contribution in [2.75, 3.05) is 20.2 Å². The Bertz CT molecular complexity index is 772. The fourth-order valence-corrected chi connectivity index (χ4v) is 3.31. The fraction of sp³-hybridized carbons (Fsp3) is 0.421. The Morgan fingerprint density at radius 2 is 2.21 bits per heavy atom. The monoisotopic (exact) mass is 330 g/mol. The summed E-state index contributed by atoms with van der Waals surface area (Å²) < 4.78 is 18.6. The van der Waals surface area contributed by atoms with Crippen molar-refractivity contribution in [3.05, 3.63) is 63.3 Å². The number of aromatic nitrogens is 1. The van der Waals surface area contributed by atoms with E-state index in [1.807, 2.05) is 12.1 Å². The molecule has 1 saturated heterocycles. The highest BCUT2D eigenvalue weighted by Crippen LogP contribution is 2.23. The number of halogens is 1. The molecule has 1 N–H and O–H groups in total. The first kappa shape index (κ1) is 16.7. The molecule has 1 unspecified atom stereocenters. The maximum Gasteiger partial charge on any atom is 0.223 e. The van der Waals surface area contributed by atoms with E-state index < -0.39 is 0 Å². The molecule has 1 aliphatic rings. The second kappa shape index (κ2) is 7.18. The number of pyridine rings is 1. The van der Waals surface area contributed by atoms with Crippen molar-refractivity contribution >= 4 is 0 Å². The largest absolute Gasteiger partial charge is 0.491 e. The lowest BCUT2D eigenvalue weighted by molar-refractivity contribution is 0.312. The number of ether oxygens (including phenoxy) is 1. The molecule has 1 fully saturated rings. The molecule has 0 saturated carbocycles. The van der Waals surface area contributed by atoms with Gasteiger partial charge in [0.25, 0.3) is 0 Å². The van der Waals surface area contributed by atoms with Gasteiger partial charge in [0.05, 0.1) is 7.11 Å². The maximum absolute atomic E-state index is 13.7. The SMILES string of the molecule is COc1c[nH]c(CN2CCC(Cc3ccc(C)c(F)c3)C2)cc1=O. The molecular weight excluding hydrogens is 307 g/mol. The van der Waals surface area contributed by atoms with Gasteiger partial charge in [-0.05, 0) is 49.4 Å². The van der Waals surface area contributed by atoms with Gasteiger partial charge in [-0.1, -0.05) is 12.1 Å². The topological polar surface area (TPSA) is 45.3 Å². The Kier molecular flexibility index (Phi) is 5.00. The van der Waals surface area contributed by atoms with Crippen LogP contribution in [-0.4, -0.2) is 30.1 Å². The van der Waals surface area contributed by atoms with Gasteiger partial charge in [0.1, 0.15) is 5.82 Å². The van der Waals surface area contributed by atoms with Crippen LogP contribution in [0.3, 0.4) is 0 Å². The van der Waals surface area contributed by atoms with Gasteiger partial charge < -0.3 is 9.72 Å². The van der Waals surface area contributed by atoms with E-state index in [0.717, 1.165) is 43.7 Å². The second-order valence-corrected chi connectivity index (χ2v) is 6.57. The summed E-state index contributed by atoms with van der Waals surface area (Å²) in [6, 6.07) is 7.11. The molecule has 0 aliphatic carbocycles. The van der Waals surface area contributed by atoms with E-state index in [9.17, 15) is 9.18 Å². The van der Waals surface area contributed by atoms with Crippen LogP contribution in [0.4, 0.5) is 4.39 Å². The molecule has 4 nitrogen and oxygen atoms in total. The van der Waals surface area contributed by atoms with Gasteiger partial charge in [-0.3, -0.25) is 9.69 Å². The van der Waals surface area contributed by atoms with E-state index in [2.05, 4.69) is 9.88 Å². The summed E-state index contributed by atoms with van der Waals surface area (Å²) in [7, 11) is 1.49. The molecule has 1 aliphatic heterocycles. The number of H-pyrrole nitrogens is 1. The molecule has 2 heterocycles. The molecule has 0 amide bonds. The molecule has 0 spiro atoms. The number of hydrogen-bond donors (Lipinski definition) is 1. The quantitative estimate of drug-likeness (QED) is 0.917. The Hall–Kier alpha value is -2.14. The van der Waals surface area contributed by atoms with E-state index in [-0.39, 0.29) is 11.2 Å². The Balaban J connectivity index is 1.58. The highest BCUT2D eigenvalue weighted by atomic mass is 19.1. The third-order valence-corrected chi connectivity index (χ3v) is 4.68. The number of nitrogens with zero attached hydrogens (tertiary/aromatic N) is 1. The van der Waals surface area contributed by atoms with Gasteiger partial charge in [-0.25, -0.2) is 4.39 Å². The zero-order chi connectivity index (χ0) is 17.1. The van der Waals surface area contributed by atoms with Gasteiger partial charge in [0.15, 0.2) is 5.75 Å². The van der Waals surface area contributed by atoms with Gasteiger partial charge >= 0.3 is 0 Å². The zero-order valence-electron chi connectivity index (χ0n) is 14.1. The molecule has 3 rings (SSSR count). The molecule has 0 radical (unpaired) electrons. The minimum Gasteiger partial charge on any atom is -0.491 e. The third-order valence-electron chi connectivity index (χ3n) is 4.68. The van der Waals surface area contributed by atoms with Crippen molar-refractivity contribution in [3.63, 3.8) is 0 Å². The van der Waals surface area contributed by atoms with Gasteiger partial charge in [-0.2, -0.15) is 0 Å². The van der Waals surface area contributed by atoms with Crippen LogP contribution >= 0.6 is 0 Å². The predicted molar refractivity (Wildman–Crippen MR) is 91.8 cm³/mol. The lowest BCUT2D eigenvalue weighted by Gasteiger charge is -2.16. The van der Waals surface area contributed by atoms with Crippen LogP contribution in [0.2, 0.25) is 0 Å². The van der Waals surface area contributed by atoms with Crippen molar-refractivity contribution in [2.45, 2.75) is 26.3 Å². The molecule has 24 heavy (non-hydrogen) atoms. The predicted octanol–water partition coefficient (Wildman–Crippen LogP) is 2.90. The molecule has 1 atom stereocenters. The number of benzene rings is 1. The van der Waals surface area contributed by atoms with Crippen LogP contribution in [-0.2, 0) is 13.0 Å². The van der Waals surface area contributed by atoms with E-state index in [1.165, 1.54) is 7.11 Å². The van der Waals surface area contributed by atoms with Crippen LogP contribution in [0, 0.1) is 18.7 Å². The summed E-state index contributed by atoms with van der Waals surface area (Å²) in [5, 5.41) is 0. The Morgan fingerprint density at radius 3 is 2.92 bits per heavy atom. The average molecular weight is 330 g/mol. The highest BCUT2D eigenvalue weighted by molar-refractivity contribution is 5.24. The van der Waals surface area contributed by atoms with Crippen LogP contribution in [0.15, 0.2) is 35.3 Å². The molecule has 5 heteroatoms. The minimum absolute atomic E-state index is 0.0999. The number of hydrogen-bond acceptors (Lipinski definition) is 3. The maximum atomic E-state index is 13.7. The van der Waals surface area contributed by atoms with Crippen LogP contribution in [0.5, 0.6) is 5.75 Å². The first-order valence-electron chi connectivity index (χ1n) is 8.28. The van der Waals surface area contributed by atoms with E-state index in [4.69, 9.17) is 4.74 Å². The summed E-state index contributed by atoms with van der Waals surface area (Å²) in [5.74, 6) is 0.731. The van der Waals surface area contributed by atoms with E-state index in [1.54, 1.807) is 25.3 Å². The molecule has 128 valence electrons. The molecule has 2 aromatic rings. The van der Waals surface area contributed by atoms with Crippen LogP contribution in [0.1, 0.15) is 23.2 Å². The van der Waals surface area contributed by atoms with Crippen molar-refractivity contribution in [3.8, 4) is 5.75 Å². The fourth-order valence-electron chi connectivity index (χ4n) is 3.31. The Morgan fingerprint density at radius 1 is 1.38 bits per heavy atom. The van der Waals surface area contributed by atoms with E-state index in [0.29, 0.717) is 17.2 Å². The summed E-state index contributed by atoms with van der Waals surface area (Å²) in [4.78, 5) is 17.3. The number of nitrogens with one attached hydrogen (secondary N) is 1. The highest BCUT2D eigenvalue weighted by Gasteiger charge is 2.23. The molecule has 1 aromatic carbocycles. The average Bonchev–Trinajstić information content (AvgIpc) is 2.98. The summed E-state index contributed by atoms with van der Waals surface area (Å²) >= 11 is 0. The van der Waals surface area contributed by atoms with Crippen LogP contribution < -0.4 is 10.2 Å².